The van der Waals surface area contributed by atoms with Crippen LogP contribution in [-0.4, -0.2) is 48.7 Å². The Morgan fingerprint density at radius 3 is 2.10 bits per heavy atom. The van der Waals surface area contributed by atoms with Crippen LogP contribution in [-0.2, 0) is 15.4 Å². The molecule has 0 aliphatic heterocycles. The quantitative estimate of drug-likeness (QED) is 0.239. The van der Waals surface area contributed by atoms with Crippen molar-refractivity contribution in [3.8, 4) is 28.8 Å². The van der Waals surface area contributed by atoms with Gasteiger partial charge in [0.1, 0.15) is 13.2 Å². The van der Waals surface area contributed by atoms with Crippen LogP contribution in [0.4, 0.5) is 5.82 Å². The van der Waals surface area contributed by atoms with Gasteiger partial charge in [-0.25, -0.2) is 13.4 Å². The van der Waals surface area contributed by atoms with Crippen LogP contribution < -0.4 is 14.2 Å². The molecule has 11 heteroatoms. The Labute approximate surface area is 228 Å². The molecule has 0 saturated carbocycles. The number of methoxy groups -OCH3 is 1. The maximum atomic E-state index is 13.3. The van der Waals surface area contributed by atoms with Gasteiger partial charge in [-0.3, -0.25) is 0 Å². The first-order chi connectivity index (χ1) is 18.6. The molecule has 0 fully saturated rings. The van der Waals surface area contributed by atoms with Gasteiger partial charge >= 0.3 is 6.01 Å². The molecule has 0 unspecified atom stereocenters. The summed E-state index contributed by atoms with van der Waals surface area (Å²) < 4.78 is 47.1. The molecule has 2 aromatic carbocycles. The molecule has 0 atom stereocenters. The van der Waals surface area contributed by atoms with Gasteiger partial charge in [-0.05, 0) is 41.4 Å². The summed E-state index contributed by atoms with van der Waals surface area (Å²) in [5.74, 6) is 0.659. The van der Waals surface area contributed by atoms with Crippen LogP contribution in [0.2, 0.25) is 0 Å². The van der Waals surface area contributed by atoms with Crippen molar-refractivity contribution in [1.82, 2.24) is 19.9 Å². The van der Waals surface area contributed by atoms with Gasteiger partial charge in [0.15, 0.2) is 5.75 Å². The molecule has 0 aliphatic rings. The van der Waals surface area contributed by atoms with E-state index in [0.717, 1.165) is 11.1 Å². The molecule has 0 bridgehead atoms. The molecular formula is C28H30N5O5S-. The van der Waals surface area contributed by atoms with Crippen molar-refractivity contribution in [1.29, 1.82) is 0 Å². The summed E-state index contributed by atoms with van der Waals surface area (Å²) in [4.78, 5) is 16.6. The highest BCUT2D eigenvalue weighted by Crippen LogP contribution is 2.40. The predicted octanol–water partition coefficient (Wildman–Crippen LogP) is 5.40. The summed E-state index contributed by atoms with van der Waals surface area (Å²) in [5.41, 5.74) is 2.96. The number of aryl methyl sites for hydroxylation is 1. The first kappa shape index (κ1) is 27.8. The number of ether oxygens (including phenoxy) is 3. The SMILES string of the molecule is COc1cnc(OCCOc2ncnc([N-]S(=O)(=O)c3ccc(C(C)(C)C)cc3)c2-c2ccc(C)cc2)nc1. The third-order valence-electron chi connectivity index (χ3n) is 5.75. The monoisotopic (exact) mass is 548 g/mol. The van der Waals surface area contributed by atoms with E-state index in [1.54, 1.807) is 24.3 Å². The van der Waals surface area contributed by atoms with Crippen molar-refractivity contribution in [2.45, 2.75) is 38.0 Å². The molecule has 0 spiro atoms. The summed E-state index contributed by atoms with van der Waals surface area (Å²) in [5, 5.41) is 0. The van der Waals surface area contributed by atoms with Crippen LogP contribution >= 0.6 is 0 Å². The number of rotatable bonds is 10. The lowest BCUT2D eigenvalue weighted by atomic mass is 9.87. The van der Waals surface area contributed by atoms with Crippen molar-refractivity contribution in [3.63, 3.8) is 0 Å². The molecule has 0 aliphatic carbocycles. The highest BCUT2D eigenvalue weighted by atomic mass is 32.2. The fourth-order valence-electron chi connectivity index (χ4n) is 3.56. The number of hydrogen-bond donors (Lipinski definition) is 0. The van der Waals surface area contributed by atoms with Crippen molar-refractivity contribution in [2.75, 3.05) is 20.3 Å². The molecule has 0 N–H and O–H groups in total. The average Bonchev–Trinajstić information content (AvgIpc) is 2.91. The molecule has 4 rings (SSSR count). The fraction of sp³-hybridized carbons (Fsp3) is 0.286. The second kappa shape index (κ2) is 11.6. The van der Waals surface area contributed by atoms with Crippen LogP contribution in [0.25, 0.3) is 15.8 Å². The van der Waals surface area contributed by atoms with Gasteiger partial charge in [0.25, 0.3) is 0 Å². The molecule has 10 nitrogen and oxygen atoms in total. The highest BCUT2D eigenvalue weighted by molar-refractivity contribution is 7.94. The Morgan fingerprint density at radius 2 is 1.49 bits per heavy atom. The van der Waals surface area contributed by atoms with Gasteiger partial charge in [-0.2, -0.15) is 9.97 Å². The number of nitrogens with zero attached hydrogens (tertiary/aromatic N) is 5. The summed E-state index contributed by atoms with van der Waals surface area (Å²) in [6, 6.07) is 14.4. The van der Waals surface area contributed by atoms with Crippen LogP contribution in [0.5, 0.6) is 17.6 Å². The van der Waals surface area contributed by atoms with Crippen LogP contribution in [0, 0.1) is 6.92 Å². The zero-order valence-electron chi connectivity index (χ0n) is 22.5. The molecule has 2 heterocycles. The summed E-state index contributed by atoms with van der Waals surface area (Å²) in [6.07, 6.45) is 4.21. The lowest BCUT2D eigenvalue weighted by molar-refractivity contribution is 0.201. The van der Waals surface area contributed by atoms with E-state index in [-0.39, 0.29) is 41.2 Å². The smallest absolute Gasteiger partial charge is 0.316 e. The molecule has 0 amide bonds. The van der Waals surface area contributed by atoms with E-state index in [9.17, 15) is 8.42 Å². The molecule has 204 valence electrons. The van der Waals surface area contributed by atoms with Crippen molar-refractivity contribution in [2.24, 2.45) is 0 Å². The summed E-state index contributed by atoms with van der Waals surface area (Å²) in [6.45, 7) is 8.35. The first-order valence-corrected chi connectivity index (χ1v) is 13.6. The summed E-state index contributed by atoms with van der Waals surface area (Å²) in [7, 11) is -2.55. The average molecular weight is 549 g/mol. The molecule has 4 aromatic rings. The van der Waals surface area contributed by atoms with Crippen LogP contribution in [0.15, 0.2) is 72.1 Å². The highest BCUT2D eigenvalue weighted by Gasteiger charge is 2.18. The Hall–Kier alpha value is -4.25. The normalized spacial score (nSPS) is 11.6. The zero-order valence-corrected chi connectivity index (χ0v) is 23.3. The molecular weight excluding hydrogens is 518 g/mol. The van der Waals surface area contributed by atoms with Gasteiger partial charge in [0.2, 0.25) is 15.9 Å². The van der Waals surface area contributed by atoms with E-state index in [1.165, 1.54) is 25.8 Å². The second-order valence-corrected chi connectivity index (χ2v) is 11.3. The lowest BCUT2D eigenvalue weighted by Crippen LogP contribution is -2.12. The van der Waals surface area contributed by atoms with Gasteiger partial charge in [-0.1, -0.05) is 62.7 Å². The van der Waals surface area contributed by atoms with E-state index >= 15 is 0 Å². The number of sulfonamides is 1. The molecule has 0 radical (unpaired) electrons. The Kier molecular flexibility index (Phi) is 8.29. The molecule has 39 heavy (non-hydrogen) atoms. The van der Waals surface area contributed by atoms with Gasteiger partial charge in [0.05, 0.1) is 24.4 Å². The van der Waals surface area contributed by atoms with Gasteiger partial charge in [0, 0.05) is 11.9 Å². The summed E-state index contributed by atoms with van der Waals surface area (Å²) >= 11 is 0. The van der Waals surface area contributed by atoms with Crippen LogP contribution in [0.3, 0.4) is 0 Å². The van der Waals surface area contributed by atoms with E-state index in [1.807, 2.05) is 31.2 Å². The topological polar surface area (TPSA) is 127 Å². The maximum absolute atomic E-state index is 13.3. The predicted molar refractivity (Wildman–Crippen MR) is 147 cm³/mol. The van der Waals surface area contributed by atoms with E-state index in [2.05, 4.69) is 45.4 Å². The minimum atomic E-state index is -4.07. The Morgan fingerprint density at radius 1 is 0.846 bits per heavy atom. The number of aromatic nitrogens is 4. The molecule has 2 aromatic heterocycles. The molecule has 0 saturated heterocycles. The van der Waals surface area contributed by atoms with Crippen LogP contribution in [0.1, 0.15) is 31.9 Å². The Bertz CT molecular complexity index is 1500. The largest absolute Gasteiger partial charge is 0.494 e. The minimum absolute atomic E-state index is 0.0249. The third kappa shape index (κ3) is 6.99. The van der Waals surface area contributed by atoms with Crippen molar-refractivity contribution in [3.05, 3.63) is 83.1 Å². The van der Waals surface area contributed by atoms with Crippen molar-refractivity contribution >= 4 is 15.8 Å². The first-order valence-electron chi connectivity index (χ1n) is 12.2. The Balaban J connectivity index is 1.58. The number of hydrogen-bond acceptors (Lipinski definition) is 9. The lowest BCUT2D eigenvalue weighted by Gasteiger charge is -2.23. The minimum Gasteiger partial charge on any atom is -0.494 e. The maximum Gasteiger partial charge on any atom is 0.316 e. The fourth-order valence-corrected chi connectivity index (χ4v) is 4.51. The third-order valence-corrected chi connectivity index (χ3v) is 7.03. The van der Waals surface area contributed by atoms with Gasteiger partial charge in [-0.15, -0.1) is 0 Å². The second-order valence-electron chi connectivity index (χ2n) is 9.69. The van der Waals surface area contributed by atoms with Crippen molar-refractivity contribution < 1.29 is 22.6 Å². The standard InChI is InChI=1S/C28H30N5O5S/c1-19-6-8-20(9-7-19)24-25(33-39(34,35)23-12-10-21(11-13-23)28(2,3)4)31-18-32-26(24)37-14-15-38-27-29-16-22(36-5)17-30-27/h6-13,16-18H,14-15H2,1-5H3/q-1. The van der Waals surface area contributed by atoms with Gasteiger partial charge < -0.3 is 23.9 Å². The van der Waals surface area contributed by atoms with E-state index < -0.39 is 10.0 Å². The van der Waals surface area contributed by atoms with E-state index in [0.29, 0.717) is 16.9 Å². The van der Waals surface area contributed by atoms with E-state index in [4.69, 9.17) is 14.2 Å². The number of benzene rings is 2. The zero-order chi connectivity index (χ0) is 28.0.